The van der Waals surface area contributed by atoms with E-state index < -0.39 is 0 Å². The maximum Gasteiger partial charge on any atom is 0.290 e. The number of carbonyl (C=O) groups is 1. The second kappa shape index (κ2) is 7.01. The molecule has 1 amide bonds. The number of hydrogen-bond acceptors (Lipinski definition) is 3. The number of aryl methyl sites for hydroxylation is 1. The lowest BCUT2D eigenvalue weighted by molar-refractivity contribution is 0.0671. The normalized spacial score (nSPS) is 12.0. The van der Waals surface area contributed by atoms with Crippen LogP contribution in [0.1, 0.15) is 47.1 Å². The molecule has 1 heterocycles. The van der Waals surface area contributed by atoms with Crippen molar-refractivity contribution in [3.8, 4) is 6.07 Å². The SMILES string of the molecule is CCN(C(=O)c1oc2ccc(F)cc2c1C)C(C)c1ccc(C#N)cc1. The minimum absolute atomic E-state index is 0.190. The molecule has 1 unspecified atom stereocenters. The topological polar surface area (TPSA) is 57.2 Å². The van der Waals surface area contributed by atoms with E-state index in [4.69, 9.17) is 9.68 Å². The van der Waals surface area contributed by atoms with E-state index in [0.29, 0.717) is 28.6 Å². The number of nitriles is 1. The van der Waals surface area contributed by atoms with E-state index in [0.717, 1.165) is 5.56 Å². The van der Waals surface area contributed by atoms with Gasteiger partial charge in [-0.15, -0.1) is 0 Å². The number of nitrogens with zero attached hydrogens (tertiary/aromatic N) is 2. The fraction of sp³-hybridized carbons (Fsp3) is 0.238. The number of benzene rings is 2. The van der Waals surface area contributed by atoms with E-state index in [1.165, 1.54) is 18.2 Å². The number of hydrogen-bond donors (Lipinski definition) is 0. The number of furan rings is 1. The lowest BCUT2D eigenvalue weighted by Gasteiger charge is -2.28. The molecule has 4 nitrogen and oxygen atoms in total. The first-order valence-corrected chi connectivity index (χ1v) is 8.46. The average molecular weight is 350 g/mol. The minimum Gasteiger partial charge on any atom is -0.451 e. The van der Waals surface area contributed by atoms with Crippen LogP contribution in [0.15, 0.2) is 46.9 Å². The van der Waals surface area contributed by atoms with Gasteiger partial charge in [0.2, 0.25) is 0 Å². The quantitative estimate of drug-likeness (QED) is 0.667. The Morgan fingerprint density at radius 2 is 1.96 bits per heavy atom. The molecule has 1 aromatic heterocycles. The molecule has 5 heteroatoms. The van der Waals surface area contributed by atoms with E-state index in [1.54, 1.807) is 24.0 Å². The molecule has 0 aliphatic heterocycles. The Morgan fingerprint density at radius 1 is 1.27 bits per heavy atom. The highest BCUT2D eigenvalue weighted by atomic mass is 19.1. The molecular formula is C21H19FN2O2. The van der Waals surface area contributed by atoms with Gasteiger partial charge in [0.05, 0.1) is 17.7 Å². The van der Waals surface area contributed by atoms with Crippen LogP contribution in [0.2, 0.25) is 0 Å². The Bertz CT molecular complexity index is 999. The lowest BCUT2D eigenvalue weighted by Crippen LogP contribution is -2.33. The molecule has 0 radical (unpaired) electrons. The maximum absolute atomic E-state index is 13.5. The van der Waals surface area contributed by atoms with Gasteiger partial charge in [-0.1, -0.05) is 12.1 Å². The summed E-state index contributed by atoms with van der Waals surface area (Å²) >= 11 is 0. The van der Waals surface area contributed by atoms with Gasteiger partial charge in [-0.05, 0) is 56.7 Å². The molecule has 2 aromatic carbocycles. The highest BCUT2D eigenvalue weighted by molar-refractivity contribution is 5.99. The van der Waals surface area contributed by atoms with Crippen molar-refractivity contribution in [3.63, 3.8) is 0 Å². The molecule has 0 saturated carbocycles. The van der Waals surface area contributed by atoms with Gasteiger partial charge in [-0.2, -0.15) is 5.26 Å². The van der Waals surface area contributed by atoms with Crippen molar-refractivity contribution in [2.24, 2.45) is 0 Å². The van der Waals surface area contributed by atoms with Crippen LogP contribution in [-0.4, -0.2) is 17.4 Å². The van der Waals surface area contributed by atoms with Crippen molar-refractivity contribution < 1.29 is 13.6 Å². The van der Waals surface area contributed by atoms with Gasteiger partial charge in [0, 0.05) is 17.5 Å². The zero-order valence-electron chi connectivity index (χ0n) is 14.9. The highest BCUT2D eigenvalue weighted by Gasteiger charge is 2.26. The summed E-state index contributed by atoms with van der Waals surface area (Å²) in [4.78, 5) is 14.8. The molecule has 3 aromatic rings. The van der Waals surface area contributed by atoms with E-state index in [2.05, 4.69) is 6.07 Å². The van der Waals surface area contributed by atoms with Gasteiger partial charge in [-0.25, -0.2) is 4.39 Å². The largest absolute Gasteiger partial charge is 0.451 e. The average Bonchev–Trinajstić information content (AvgIpc) is 2.98. The van der Waals surface area contributed by atoms with Gasteiger partial charge in [0.1, 0.15) is 11.4 Å². The maximum atomic E-state index is 13.5. The summed E-state index contributed by atoms with van der Waals surface area (Å²) < 4.78 is 19.2. The van der Waals surface area contributed by atoms with Crippen molar-refractivity contribution >= 4 is 16.9 Å². The Labute approximate surface area is 151 Å². The van der Waals surface area contributed by atoms with Crippen LogP contribution < -0.4 is 0 Å². The summed E-state index contributed by atoms with van der Waals surface area (Å²) in [5.74, 6) is -0.370. The third kappa shape index (κ3) is 3.06. The monoisotopic (exact) mass is 350 g/mol. The second-order valence-corrected chi connectivity index (χ2v) is 6.20. The Hall–Kier alpha value is -3.13. The smallest absolute Gasteiger partial charge is 0.290 e. The van der Waals surface area contributed by atoms with Gasteiger partial charge in [-0.3, -0.25) is 4.79 Å². The number of halogens is 1. The van der Waals surface area contributed by atoms with E-state index >= 15 is 0 Å². The van der Waals surface area contributed by atoms with E-state index in [-0.39, 0.29) is 23.5 Å². The van der Waals surface area contributed by atoms with Gasteiger partial charge in [0.15, 0.2) is 5.76 Å². The van der Waals surface area contributed by atoms with Crippen molar-refractivity contribution in [3.05, 3.63) is 70.7 Å². The van der Waals surface area contributed by atoms with Crippen LogP contribution in [0.25, 0.3) is 11.0 Å². The van der Waals surface area contributed by atoms with Crippen molar-refractivity contribution in [2.75, 3.05) is 6.54 Å². The molecule has 0 aliphatic carbocycles. The Balaban J connectivity index is 1.96. The first kappa shape index (κ1) is 17.7. The Kier molecular flexibility index (Phi) is 4.77. The zero-order valence-corrected chi connectivity index (χ0v) is 14.9. The van der Waals surface area contributed by atoms with E-state index in [9.17, 15) is 9.18 Å². The summed E-state index contributed by atoms with van der Waals surface area (Å²) in [6, 6.07) is 13.3. The van der Waals surface area contributed by atoms with Crippen LogP contribution in [0, 0.1) is 24.1 Å². The van der Waals surface area contributed by atoms with Crippen LogP contribution in [0.4, 0.5) is 4.39 Å². The predicted octanol–water partition coefficient (Wildman–Crippen LogP) is 4.98. The van der Waals surface area contributed by atoms with Crippen molar-refractivity contribution in [2.45, 2.75) is 26.8 Å². The molecule has 0 fully saturated rings. The van der Waals surface area contributed by atoms with Gasteiger partial charge < -0.3 is 9.32 Å². The third-order valence-corrected chi connectivity index (χ3v) is 4.68. The summed E-state index contributed by atoms with van der Waals surface area (Å²) in [6.07, 6.45) is 0. The molecule has 0 N–H and O–H groups in total. The number of carbonyl (C=O) groups excluding carboxylic acids is 1. The summed E-state index contributed by atoms with van der Waals surface area (Å²) in [6.45, 7) is 6.08. The van der Waals surface area contributed by atoms with Crippen LogP contribution >= 0.6 is 0 Å². The minimum atomic E-state index is -0.362. The first-order chi connectivity index (χ1) is 12.5. The summed E-state index contributed by atoms with van der Waals surface area (Å²) in [7, 11) is 0. The van der Waals surface area contributed by atoms with Crippen LogP contribution in [0.5, 0.6) is 0 Å². The molecule has 0 spiro atoms. The zero-order chi connectivity index (χ0) is 18.8. The Morgan fingerprint density at radius 3 is 2.58 bits per heavy atom. The van der Waals surface area contributed by atoms with E-state index in [1.807, 2.05) is 26.0 Å². The number of rotatable bonds is 4. The molecule has 0 saturated heterocycles. The summed E-state index contributed by atoms with van der Waals surface area (Å²) in [5, 5.41) is 9.53. The third-order valence-electron chi connectivity index (χ3n) is 4.68. The molecule has 0 aliphatic rings. The number of fused-ring (bicyclic) bond motifs is 1. The lowest BCUT2D eigenvalue weighted by atomic mass is 10.0. The highest BCUT2D eigenvalue weighted by Crippen LogP contribution is 2.29. The molecule has 26 heavy (non-hydrogen) atoms. The molecular weight excluding hydrogens is 331 g/mol. The molecule has 3 rings (SSSR count). The molecule has 0 bridgehead atoms. The fourth-order valence-electron chi connectivity index (χ4n) is 3.14. The standard InChI is InChI=1S/C21H19FN2O2/c1-4-24(14(3)16-7-5-15(12-23)6-8-16)21(25)20-13(2)18-11-17(22)9-10-19(18)26-20/h5-11,14H,4H2,1-3H3. The fourth-order valence-corrected chi connectivity index (χ4v) is 3.14. The van der Waals surface area contributed by atoms with Gasteiger partial charge in [0.25, 0.3) is 5.91 Å². The van der Waals surface area contributed by atoms with Gasteiger partial charge >= 0.3 is 0 Å². The number of amides is 1. The second-order valence-electron chi connectivity index (χ2n) is 6.20. The van der Waals surface area contributed by atoms with Crippen LogP contribution in [-0.2, 0) is 0 Å². The summed E-state index contributed by atoms with van der Waals surface area (Å²) in [5.41, 5.74) is 2.63. The van der Waals surface area contributed by atoms with Crippen LogP contribution in [0.3, 0.4) is 0 Å². The molecule has 1 atom stereocenters. The van der Waals surface area contributed by atoms with Crippen molar-refractivity contribution in [1.82, 2.24) is 4.90 Å². The molecule has 132 valence electrons. The predicted molar refractivity (Wildman–Crippen MR) is 97.2 cm³/mol. The first-order valence-electron chi connectivity index (χ1n) is 8.46. The van der Waals surface area contributed by atoms with Crippen molar-refractivity contribution in [1.29, 1.82) is 5.26 Å².